The van der Waals surface area contributed by atoms with Gasteiger partial charge in [0.15, 0.2) is 0 Å². The molecule has 0 radical (unpaired) electrons. The van der Waals surface area contributed by atoms with Crippen molar-refractivity contribution in [2.24, 2.45) is 7.05 Å². The van der Waals surface area contributed by atoms with Crippen LogP contribution >= 0.6 is 0 Å². The van der Waals surface area contributed by atoms with Gasteiger partial charge in [-0.25, -0.2) is 4.79 Å². The molecule has 0 aliphatic carbocycles. The van der Waals surface area contributed by atoms with Gasteiger partial charge in [0.25, 0.3) is 5.89 Å². The average molecular weight is 342 g/mol. The minimum absolute atomic E-state index is 0.224. The van der Waals surface area contributed by atoms with E-state index < -0.39 is 0 Å². The Labute approximate surface area is 145 Å². The summed E-state index contributed by atoms with van der Waals surface area (Å²) >= 11 is 0. The van der Waals surface area contributed by atoms with E-state index >= 15 is 0 Å². The number of nitrogens with one attached hydrogen (secondary N) is 1. The van der Waals surface area contributed by atoms with Crippen LogP contribution in [0.1, 0.15) is 23.0 Å². The Morgan fingerprint density at radius 3 is 2.64 bits per heavy atom. The first-order chi connectivity index (χ1) is 12.0. The van der Waals surface area contributed by atoms with Crippen LogP contribution < -0.4 is 11.0 Å². The smallest absolute Gasteiger partial charge is 0.347 e. The maximum atomic E-state index is 11.9. The van der Waals surface area contributed by atoms with E-state index in [1.807, 2.05) is 50.6 Å². The lowest BCUT2D eigenvalue weighted by molar-refractivity contribution is 0.464. The standard InChI is InChI=1S/C17H22N6O2/c1-11-9-13(3)23(17(24)19-11)8-7-18-10-15-20-21-16(25-15)14-6-5-12(2)22(14)4/h5-6,9,18H,7-8,10H2,1-4H3. The van der Waals surface area contributed by atoms with Crippen molar-refractivity contribution in [1.82, 2.24) is 29.6 Å². The van der Waals surface area contributed by atoms with Gasteiger partial charge in [-0.15, -0.1) is 10.2 Å². The SMILES string of the molecule is Cc1cc(C)n(CCNCc2nnc(-c3ccc(C)n3C)o2)c(=O)n1. The van der Waals surface area contributed by atoms with Crippen LogP contribution in [-0.4, -0.2) is 30.9 Å². The second kappa shape index (κ2) is 7.02. The van der Waals surface area contributed by atoms with E-state index in [0.29, 0.717) is 31.4 Å². The first-order valence-electron chi connectivity index (χ1n) is 8.16. The van der Waals surface area contributed by atoms with Gasteiger partial charge in [0.05, 0.1) is 6.54 Å². The quantitative estimate of drug-likeness (QED) is 0.680. The minimum Gasteiger partial charge on any atom is -0.418 e. The van der Waals surface area contributed by atoms with Gasteiger partial charge in [0.2, 0.25) is 5.89 Å². The summed E-state index contributed by atoms with van der Waals surface area (Å²) in [6, 6.07) is 5.86. The molecule has 0 saturated heterocycles. The number of hydrogen-bond acceptors (Lipinski definition) is 6. The third-order valence-electron chi connectivity index (χ3n) is 4.19. The molecule has 1 N–H and O–H groups in total. The van der Waals surface area contributed by atoms with E-state index in [0.717, 1.165) is 22.8 Å². The first-order valence-corrected chi connectivity index (χ1v) is 8.16. The van der Waals surface area contributed by atoms with E-state index in [2.05, 4.69) is 20.5 Å². The summed E-state index contributed by atoms with van der Waals surface area (Å²) in [5, 5.41) is 11.4. The zero-order valence-electron chi connectivity index (χ0n) is 14.9. The molecule has 8 nitrogen and oxygen atoms in total. The van der Waals surface area contributed by atoms with Crippen molar-refractivity contribution in [3.63, 3.8) is 0 Å². The number of rotatable bonds is 6. The third-order valence-corrected chi connectivity index (χ3v) is 4.19. The lowest BCUT2D eigenvalue weighted by Gasteiger charge is -2.09. The average Bonchev–Trinajstić information content (AvgIpc) is 3.13. The van der Waals surface area contributed by atoms with Crippen LogP contribution in [0.2, 0.25) is 0 Å². The minimum atomic E-state index is -0.224. The van der Waals surface area contributed by atoms with Crippen molar-refractivity contribution >= 4 is 0 Å². The Morgan fingerprint density at radius 2 is 1.96 bits per heavy atom. The lowest BCUT2D eigenvalue weighted by atomic mass is 10.3. The molecule has 25 heavy (non-hydrogen) atoms. The highest BCUT2D eigenvalue weighted by molar-refractivity contribution is 5.48. The van der Waals surface area contributed by atoms with Crippen molar-refractivity contribution in [2.75, 3.05) is 6.54 Å². The Bertz CT molecular complexity index is 937. The fourth-order valence-electron chi connectivity index (χ4n) is 2.69. The Kier molecular flexibility index (Phi) is 4.80. The van der Waals surface area contributed by atoms with Gasteiger partial charge in [-0.05, 0) is 39.0 Å². The van der Waals surface area contributed by atoms with Crippen LogP contribution in [0.15, 0.2) is 27.4 Å². The molecule has 0 unspecified atom stereocenters. The van der Waals surface area contributed by atoms with Crippen molar-refractivity contribution in [1.29, 1.82) is 0 Å². The van der Waals surface area contributed by atoms with Gasteiger partial charge in [-0.2, -0.15) is 4.98 Å². The lowest BCUT2D eigenvalue weighted by Crippen LogP contribution is -2.30. The van der Waals surface area contributed by atoms with E-state index in [4.69, 9.17) is 4.42 Å². The predicted molar refractivity (Wildman–Crippen MR) is 93.1 cm³/mol. The maximum absolute atomic E-state index is 11.9. The molecule has 0 saturated carbocycles. The zero-order valence-corrected chi connectivity index (χ0v) is 14.9. The largest absolute Gasteiger partial charge is 0.418 e. The number of hydrogen-bond donors (Lipinski definition) is 1. The summed E-state index contributed by atoms with van der Waals surface area (Å²) in [6.45, 7) is 7.33. The van der Waals surface area contributed by atoms with Crippen LogP contribution in [0.4, 0.5) is 0 Å². The van der Waals surface area contributed by atoms with Crippen molar-refractivity contribution < 1.29 is 4.42 Å². The molecule has 8 heteroatoms. The maximum Gasteiger partial charge on any atom is 0.347 e. The van der Waals surface area contributed by atoms with E-state index in [1.165, 1.54) is 0 Å². The molecule has 3 aromatic rings. The van der Waals surface area contributed by atoms with Crippen LogP contribution in [0.3, 0.4) is 0 Å². The predicted octanol–water partition coefficient (Wildman–Crippen LogP) is 1.35. The highest BCUT2D eigenvalue weighted by Crippen LogP contribution is 2.19. The second-order valence-corrected chi connectivity index (χ2v) is 6.07. The van der Waals surface area contributed by atoms with Gasteiger partial charge in [-0.1, -0.05) is 0 Å². The first kappa shape index (κ1) is 17.1. The molecule has 0 aliphatic heterocycles. The van der Waals surface area contributed by atoms with Gasteiger partial charge < -0.3 is 14.3 Å². The van der Waals surface area contributed by atoms with Gasteiger partial charge in [0, 0.05) is 37.2 Å². The molecule has 0 aromatic carbocycles. The molecule has 3 aromatic heterocycles. The molecular formula is C17H22N6O2. The van der Waals surface area contributed by atoms with Gasteiger partial charge >= 0.3 is 5.69 Å². The molecule has 0 amide bonds. The summed E-state index contributed by atoms with van der Waals surface area (Å²) in [5.74, 6) is 1.02. The molecule has 132 valence electrons. The molecular weight excluding hydrogens is 320 g/mol. The molecule has 0 bridgehead atoms. The summed E-state index contributed by atoms with van der Waals surface area (Å²) in [4.78, 5) is 15.9. The molecule has 3 rings (SSSR count). The molecule has 0 atom stereocenters. The van der Waals surface area contributed by atoms with Crippen LogP contribution in [0.5, 0.6) is 0 Å². The molecule has 0 aliphatic rings. The fraction of sp³-hybridized carbons (Fsp3) is 0.412. The Hall–Kier alpha value is -2.74. The van der Waals surface area contributed by atoms with Crippen LogP contribution in [0, 0.1) is 20.8 Å². The van der Waals surface area contributed by atoms with Crippen molar-refractivity contribution in [2.45, 2.75) is 33.9 Å². The van der Waals surface area contributed by atoms with E-state index in [-0.39, 0.29) is 5.69 Å². The summed E-state index contributed by atoms with van der Waals surface area (Å²) in [7, 11) is 1.96. The zero-order chi connectivity index (χ0) is 18.0. The van der Waals surface area contributed by atoms with Crippen molar-refractivity contribution in [3.05, 3.63) is 51.7 Å². The summed E-state index contributed by atoms with van der Waals surface area (Å²) in [5.41, 5.74) is 3.43. The van der Waals surface area contributed by atoms with Crippen molar-refractivity contribution in [3.8, 4) is 11.6 Å². The van der Waals surface area contributed by atoms with Gasteiger partial charge in [-0.3, -0.25) is 4.57 Å². The fourth-order valence-corrected chi connectivity index (χ4v) is 2.69. The second-order valence-electron chi connectivity index (χ2n) is 6.07. The van der Waals surface area contributed by atoms with Crippen LogP contribution in [-0.2, 0) is 20.1 Å². The topological polar surface area (TPSA) is 90.8 Å². The van der Waals surface area contributed by atoms with Crippen LogP contribution in [0.25, 0.3) is 11.6 Å². The molecule has 0 fully saturated rings. The summed E-state index contributed by atoms with van der Waals surface area (Å²) in [6.07, 6.45) is 0. The number of aromatic nitrogens is 5. The highest BCUT2D eigenvalue weighted by atomic mass is 16.4. The Morgan fingerprint density at radius 1 is 1.16 bits per heavy atom. The normalized spacial score (nSPS) is 11.2. The molecule has 0 spiro atoms. The highest BCUT2D eigenvalue weighted by Gasteiger charge is 2.12. The van der Waals surface area contributed by atoms with Gasteiger partial charge in [0.1, 0.15) is 5.69 Å². The van der Waals surface area contributed by atoms with E-state index in [1.54, 1.807) is 4.57 Å². The number of aryl methyl sites for hydroxylation is 3. The Balaban J connectivity index is 1.57. The van der Waals surface area contributed by atoms with E-state index in [9.17, 15) is 4.79 Å². The molecule has 3 heterocycles. The summed E-state index contributed by atoms with van der Waals surface area (Å²) < 4.78 is 9.34. The third kappa shape index (κ3) is 3.69. The number of nitrogens with zero attached hydrogens (tertiary/aromatic N) is 5. The monoisotopic (exact) mass is 342 g/mol.